The minimum absolute atomic E-state index is 0.288. The average molecular weight is 387 g/mol. The Morgan fingerprint density at radius 1 is 1.07 bits per heavy atom. The Hall–Kier alpha value is -1.23. The molecule has 3 nitrogen and oxygen atoms in total. The number of fused-ring (bicyclic) bond motifs is 1. The fourth-order valence-corrected chi connectivity index (χ4v) is 4.63. The highest BCUT2D eigenvalue weighted by Crippen LogP contribution is 2.37. The van der Waals surface area contributed by atoms with Crippen molar-refractivity contribution in [3.63, 3.8) is 0 Å². The van der Waals surface area contributed by atoms with Gasteiger partial charge in [0.2, 0.25) is 0 Å². The van der Waals surface area contributed by atoms with E-state index in [9.17, 15) is 0 Å². The number of hydrogen-bond acceptors (Lipinski definition) is 3. The van der Waals surface area contributed by atoms with Crippen LogP contribution in [-0.4, -0.2) is 32.5 Å². The second kappa shape index (κ2) is 9.81. The normalized spacial score (nSPS) is 13.9. The molecule has 0 bridgehead atoms. The van der Waals surface area contributed by atoms with Crippen LogP contribution in [0.2, 0.25) is 18.1 Å². The van der Waals surface area contributed by atoms with Gasteiger partial charge in [-0.05, 0) is 81.5 Å². The molecule has 0 unspecified atom stereocenters. The molecule has 150 valence electrons. The van der Waals surface area contributed by atoms with Crippen molar-refractivity contribution in [2.24, 2.45) is 0 Å². The number of aromatic nitrogens is 1. The van der Waals surface area contributed by atoms with E-state index in [0.29, 0.717) is 6.10 Å². The molecular weight excluding hydrogens is 348 g/mol. The smallest absolute Gasteiger partial charge is 0.192 e. The monoisotopic (exact) mass is 386 g/mol. The van der Waals surface area contributed by atoms with E-state index in [1.54, 1.807) is 0 Å². The molecule has 1 aromatic heterocycles. The van der Waals surface area contributed by atoms with Crippen molar-refractivity contribution >= 4 is 19.2 Å². The number of benzene rings is 1. The molecule has 0 radical (unpaired) electrons. The molecule has 1 N–H and O–H groups in total. The Morgan fingerprint density at radius 3 is 2.52 bits per heavy atom. The van der Waals surface area contributed by atoms with Gasteiger partial charge in [0.05, 0.1) is 5.52 Å². The topological polar surface area (TPSA) is 34.2 Å². The highest BCUT2D eigenvalue weighted by Gasteiger charge is 2.38. The summed E-state index contributed by atoms with van der Waals surface area (Å²) in [4.78, 5) is 4.44. The number of nitrogens with one attached hydrogen (secondary N) is 1. The van der Waals surface area contributed by atoms with Crippen molar-refractivity contribution in [3.8, 4) is 0 Å². The maximum atomic E-state index is 6.43. The summed E-state index contributed by atoms with van der Waals surface area (Å²) in [6.45, 7) is 16.0. The Kier molecular flexibility index (Phi) is 8.01. The van der Waals surface area contributed by atoms with Crippen molar-refractivity contribution in [1.82, 2.24) is 10.3 Å². The number of aryl methyl sites for hydroxylation is 1. The largest absolute Gasteiger partial charge is 0.414 e. The molecule has 1 atom stereocenters. The van der Waals surface area contributed by atoms with Crippen LogP contribution in [0.4, 0.5) is 0 Å². The molecule has 27 heavy (non-hydrogen) atoms. The summed E-state index contributed by atoms with van der Waals surface area (Å²) in [6, 6.07) is 10.6. The van der Waals surface area contributed by atoms with Crippen LogP contribution in [0.1, 0.15) is 52.5 Å². The third-order valence-corrected chi connectivity index (χ3v) is 10.4. The summed E-state index contributed by atoms with van der Waals surface area (Å²) in [6.07, 6.45) is 6.85. The third-order valence-electron chi connectivity index (χ3n) is 5.81. The van der Waals surface area contributed by atoms with Crippen molar-refractivity contribution in [2.75, 3.05) is 13.1 Å². The first-order chi connectivity index (χ1) is 12.7. The van der Waals surface area contributed by atoms with E-state index in [4.69, 9.17) is 4.43 Å². The minimum Gasteiger partial charge on any atom is -0.414 e. The quantitative estimate of drug-likeness (QED) is 0.405. The lowest BCUT2D eigenvalue weighted by atomic mass is 10.0. The van der Waals surface area contributed by atoms with Crippen LogP contribution >= 0.6 is 0 Å². The van der Waals surface area contributed by atoms with E-state index in [2.05, 4.69) is 81.4 Å². The Balaban J connectivity index is 1.62. The maximum absolute atomic E-state index is 6.43. The van der Waals surface area contributed by atoms with Gasteiger partial charge < -0.3 is 9.74 Å². The first-order valence-corrected chi connectivity index (χ1v) is 13.3. The van der Waals surface area contributed by atoms with Gasteiger partial charge in [0.25, 0.3) is 0 Å². The van der Waals surface area contributed by atoms with E-state index < -0.39 is 8.32 Å². The highest BCUT2D eigenvalue weighted by molar-refractivity contribution is 6.74. The number of rotatable bonds is 10. The zero-order valence-electron chi connectivity index (χ0n) is 18.1. The standard InChI is InChI=1S/C23H38N2OSi/c1-19(26-27(5,6)23(2,3)4)11-9-16-24-17-10-12-20-15-18-25-22-14-8-7-13-21(20)22/h7-8,13-15,18-19,24H,9-12,16-17H2,1-6H3/t19-/m1/s1. The van der Waals surface area contributed by atoms with Gasteiger partial charge in [-0.2, -0.15) is 0 Å². The van der Waals surface area contributed by atoms with Gasteiger partial charge in [0.1, 0.15) is 0 Å². The van der Waals surface area contributed by atoms with Gasteiger partial charge in [0.15, 0.2) is 8.32 Å². The van der Waals surface area contributed by atoms with Gasteiger partial charge in [-0.25, -0.2) is 0 Å². The van der Waals surface area contributed by atoms with Gasteiger partial charge in [-0.1, -0.05) is 39.0 Å². The zero-order valence-corrected chi connectivity index (χ0v) is 19.1. The predicted octanol–water partition coefficient (Wildman–Crippen LogP) is 5.95. The summed E-state index contributed by atoms with van der Waals surface area (Å²) in [5, 5.41) is 5.17. The van der Waals surface area contributed by atoms with E-state index in [1.165, 1.54) is 17.4 Å². The summed E-state index contributed by atoms with van der Waals surface area (Å²) in [7, 11) is -1.63. The van der Waals surface area contributed by atoms with Crippen LogP contribution in [0, 0.1) is 0 Å². The fourth-order valence-electron chi connectivity index (χ4n) is 3.16. The lowest BCUT2D eigenvalue weighted by molar-refractivity contribution is 0.186. The zero-order chi connectivity index (χ0) is 19.9. The van der Waals surface area contributed by atoms with E-state index in [-0.39, 0.29) is 5.04 Å². The first kappa shape index (κ1) is 22.1. The molecule has 2 rings (SSSR count). The second-order valence-corrected chi connectivity index (χ2v) is 13.9. The lowest BCUT2D eigenvalue weighted by Gasteiger charge is -2.38. The number of para-hydroxylation sites is 1. The number of nitrogens with zero attached hydrogens (tertiary/aromatic N) is 1. The molecule has 1 aromatic carbocycles. The van der Waals surface area contributed by atoms with Crippen molar-refractivity contribution in [3.05, 3.63) is 42.1 Å². The molecule has 0 fully saturated rings. The van der Waals surface area contributed by atoms with Crippen LogP contribution in [0.5, 0.6) is 0 Å². The van der Waals surface area contributed by atoms with Crippen LogP contribution in [0.15, 0.2) is 36.5 Å². The molecule has 0 saturated carbocycles. The Bertz CT molecular complexity index is 704. The molecule has 0 aliphatic heterocycles. The maximum Gasteiger partial charge on any atom is 0.192 e. The summed E-state index contributed by atoms with van der Waals surface area (Å²) >= 11 is 0. The SMILES string of the molecule is C[C@H](CCCNCCCc1ccnc2ccccc12)O[Si](C)(C)C(C)(C)C. The molecule has 0 saturated heterocycles. The highest BCUT2D eigenvalue weighted by atomic mass is 28.4. The molecular formula is C23H38N2OSi. The van der Waals surface area contributed by atoms with Gasteiger partial charge in [-0.15, -0.1) is 0 Å². The van der Waals surface area contributed by atoms with Crippen LogP contribution in [-0.2, 0) is 10.8 Å². The van der Waals surface area contributed by atoms with Crippen molar-refractivity contribution in [2.45, 2.75) is 77.6 Å². The lowest BCUT2D eigenvalue weighted by Crippen LogP contribution is -2.43. The first-order valence-electron chi connectivity index (χ1n) is 10.4. The van der Waals surface area contributed by atoms with Crippen LogP contribution < -0.4 is 5.32 Å². The van der Waals surface area contributed by atoms with Gasteiger partial charge in [-0.3, -0.25) is 4.98 Å². The molecule has 0 amide bonds. The fraction of sp³-hybridized carbons (Fsp3) is 0.609. The number of hydrogen-bond donors (Lipinski definition) is 1. The van der Waals surface area contributed by atoms with Crippen LogP contribution in [0.3, 0.4) is 0 Å². The van der Waals surface area contributed by atoms with Crippen molar-refractivity contribution in [1.29, 1.82) is 0 Å². The molecule has 0 aliphatic carbocycles. The summed E-state index contributed by atoms with van der Waals surface area (Å²) in [5.41, 5.74) is 2.50. The molecule has 1 heterocycles. The van der Waals surface area contributed by atoms with Gasteiger partial charge in [0, 0.05) is 17.7 Å². The van der Waals surface area contributed by atoms with E-state index in [0.717, 1.165) is 37.9 Å². The van der Waals surface area contributed by atoms with Gasteiger partial charge >= 0.3 is 0 Å². The molecule has 0 spiro atoms. The van der Waals surface area contributed by atoms with E-state index >= 15 is 0 Å². The Labute approximate surface area is 167 Å². The Morgan fingerprint density at radius 2 is 1.78 bits per heavy atom. The molecule has 2 aromatic rings. The van der Waals surface area contributed by atoms with Crippen LogP contribution in [0.25, 0.3) is 10.9 Å². The third kappa shape index (κ3) is 6.70. The van der Waals surface area contributed by atoms with E-state index in [1.807, 2.05) is 6.20 Å². The minimum atomic E-state index is -1.63. The van der Waals surface area contributed by atoms with Crippen molar-refractivity contribution < 1.29 is 4.43 Å². The summed E-state index contributed by atoms with van der Waals surface area (Å²) in [5.74, 6) is 0. The average Bonchev–Trinajstić information content (AvgIpc) is 2.59. The predicted molar refractivity (Wildman–Crippen MR) is 120 cm³/mol. The number of pyridine rings is 1. The summed E-state index contributed by atoms with van der Waals surface area (Å²) < 4.78 is 6.43. The second-order valence-electron chi connectivity index (χ2n) is 9.17. The molecule has 0 aliphatic rings. The molecule has 4 heteroatoms.